The van der Waals surface area contributed by atoms with Crippen LogP contribution in [0.25, 0.3) is 0 Å². The van der Waals surface area contributed by atoms with Crippen LogP contribution >= 0.6 is 11.6 Å². The summed E-state index contributed by atoms with van der Waals surface area (Å²) in [5.41, 5.74) is 1.57. The van der Waals surface area contributed by atoms with Crippen LogP contribution in [0.5, 0.6) is 5.75 Å². The number of unbranched alkanes of at least 4 members (excludes halogenated alkanes) is 5. The van der Waals surface area contributed by atoms with E-state index in [1.54, 1.807) is 36.4 Å². The largest absolute Gasteiger partial charge is 0.423 e. The minimum absolute atomic E-state index is 0.364. The summed E-state index contributed by atoms with van der Waals surface area (Å²) in [6.45, 7) is 0.969. The fraction of sp³-hybridized carbons (Fsp3) is 0.519. The quantitative estimate of drug-likeness (QED) is 0.204. The maximum Gasteiger partial charge on any atom is 0.343 e. The van der Waals surface area contributed by atoms with Gasteiger partial charge in [0, 0.05) is 17.3 Å². The van der Waals surface area contributed by atoms with Crippen molar-refractivity contribution in [2.75, 3.05) is 11.9 Å². The molecule has 0 aliphatic heterocycles. The van der Waals surface area contributed by atoms with Crippen LogP contribution in [0.2, 0.25) is 5.02 Å². The van der Waals surface area contributed by atoms with Crippen molar-refractivity contribution in [1.29, 1.82) is 0 Å². The van der Waals surface area contributed by atoms with Gasteiger partial charge in [0.05, 0.1) is 5.56 Å². The highest BCUT2D eigenvalue weighted by atomic mass is 35.5. The summed E-state index contributed by atoms with van der Waals surface area (Å²) in [6.07, 6.45) is 16.8. The molecule has 0 amide bonds. The molecular formula is C27H36ClNO2. The monoisotopic (exact) mass is 441 g/mol. The van der Waals surface area contributed by atoms with Gasteiger partial charge in [-0.15, -0.1) is 0 Å². The molecule has 3 nitrogen and oxygen atoms in total. The second kappa shape index (κ2) is 13.4. The summed E-state index contributed by atoms with van der Waals surface area (Å²) in [7, 11) is 0. The van der Waals surface area contributed by atoms with Crippen LogP contribution in [0.1, 0.15) is 87.4 Å². The molecule has 0 unspecified atom stereocenters. The van der Waals surface area contributed by atoms with E-state index in [4.69, 9.17) is 16.3 Å². The van der Waals surface area contributed by atoms with Crippen molar-refractivity contribution in [3.63, 3.8) is 0 Å². The molecule has 0 heterocycles. The zero-order valence-electron chi connectivity index (χ0n) is 18.6. The lowest BCUT2D eigenvalue weighted by molar-refractivity contribution is 0.0735. The Bertz CT molecular complexity index is 767. The van der Waals surface area contributed by atoms with Gasteiger partial charge < -0.3 is 10.1 Å². The van der Waals surface area contributed by atoms with Gasteiger partial charge >= 0.3 is 5.97 Å². The summed E-state index contributed by atoms with van der Waals surface area (Å²) in [6, 6.07) is 14.2. The third kappa shape index (κ3) is 8.95. The number of nitrogens with one attached hydrogen (secondary N) is 1. The van der Waals surface area contributed by atoms with Crippen LogP contribution in [0.3, 0.4) is 0 Å². The number of rotatable bonds is 12. The first-order valence-corrected chi connectivity index (χ1v) is 12.4. The number of hydrogen-bond acceptors (Lipinski definition) is 3. The second-order valence-electron chi connectivity index (χ2n) is 8.76. The van der Waals surface area contributed by atoms with Crippen molar-refractivity contribution < 1.29 is 9.53 Å². The number of anilines is 1. The minimum Gasteiger partial charge on any atom is -0.423 e. The molecule has 1 N–H and O–H groups in total. The molecule has 0 aromatic heterocycles. The molecule has 2 aromatic carbocycles. The molecule has 31 heavy (non-hydrogen) atoms. The zero-order valence-corrected chi connectivity index (χ0v) is 19.3. The number of esters is 1. The normalized spacial score (nSPS) is 14.4. The van der Waals surface area contributed by atoms with Crippen LogP contribution < -0.4 is 10.1 Å². The lowest BCUT2D eigenvalue weighted by Gasteiger charge is -2.21. The van der Waals surface area contributed by atoms with E-state index in [0.717, 1.165) is 18.2 Å². The molecule has 0 radical (unpaired) electrons. The van der Waals surface area contributed by atoms with Crippen LogP contribution in [-0.2, 0) is 0 Å². The van der Waals surface area contributed by atoms with E-state index in [9.17, 15) is 4.79 Å². The molecule has 1 fully saturated rings. The number of hydrogen-bond donors (Lipinski definition) is 1. The van der Waals surface area contributed by atoms with Crippen LogP contribution in [-0.4, -0.2) is 12.5 Å². The van der Waals surface area contributed by atoms with Gasteiger partial charge in [0.2, 0.25) is 0 Å². The summed E-state index contributed by atoms with van der Waals surface area (Å²) in [5.74, 6) is 1.16. The van der Waals surface area contributed by atoms with E-state index in [2.05, 4.69) is 5.32 Å². The number of ether oxygens (including phenoxy) is 1. The third-order valence-corrected chi connectivity index (χ3v) is 6.49. The molecule has 0 atom stereocenters. The fourth-order valence-electron chi connectivity index (χ4n) is 4.37. The predicted molar refractivity (Wildman–Crippen MR) is 130 cm³/mol. The average Bonchev–Trinajstić information content (AvgIpc) is 2.80. The molecule has 2 aromatic rings. The molecule has 0 spiro atoms. The van der Waals surface area contributed by atoms with Crippen LogP contribution in [0, 0.1) is 5.92 Å². The van der Waals surface area contributed by atoms with Crippen LogP contribution in [0.4, 0.5) is 5.69 Å². The Labute approximate surface area is 192 Å². The van der Waals surface area contributed by atoms with Crippen molar-refractivity contribution >= 4 is 23.3 Å². The Morgan fingerprint density at radius 2 is 1.48 bits per heavy atom. The molecule has 1 aliphatic carbocycles. The van der Waals surface area contributed by atoms with Gasteiger partial charge in [-0.25, -0.2) is 4.79 Å². The highest BCUT2D eigenvalue weighted by Gasteiger charge is 2.12. The van der Waals surface area contributed by atoms with E-state index in [1.807, 2.05) is 12.1 Å². The second-order valence-corrected chi connectivity index (χ2v) is 9.20. The summed E-state index contributed by atoms with van der Waals surface area (Å²) in [4.78, 5) is 12.2. The third-order valence-electron chi connectivity index (χ3n) is 6.24. The SMILES string of the molecule is O=C(Oc1ccc(Cl)cc1)c1ccc(NCCCCCCCCC2CCCCC2)cc1. The standard InChI is InChI=1S/C27H36ClNO2/c28-24-15-19-26(20-16-24)31-27(30)23-13-17-25(18-14-23)29-21-9-4-2-1-3-6-10-22-11-7-5-8-12-22/h13-20,22,29H,1-12,21H2. The fourth-order valence-corrected chi connectivity index (χ4v) is 4.49. The summed E-state index contributed by atoms with van der Waals surface area (Å²) in [5, 5.41) is 4.06. The molecule has 1 saturated carbocycles. The van der Waals surface area contributed by atoms with Crippen molar-refractivity contribution in [1.82, 2.24) is 0 Å². The Morgan fingerprint density at radius 1 is 0.839 bits per heavy atom. The van der Waals surface area contributed by atoms with Gasteiger partial charge in [-0.3, -0.25) is 0 Å². The van der Waals surface area contributed by atoms with E-state index >= 15 is 0 Å². The first kappa shape index (κ1) is 23.7. The maximum absolute atomic E-state index is 12.2. The van der Waals surface area contributed by atoms with E-state index in [1.165, 1.54) is 77.0 Å². The van der Waals surface area contributed by atoms with Crippen molar-refractivity contribution in [3.8, 4) is 5.75 Å². The Kier molecular flexibility index (Phi) is 10.2. The summed E-state index contributed by atoms with van der Waals surface area (Å²) < 4.78 is 5.36. The molecule has 4 heteroatoms. The highest BCUT2D eigenvalue weighted by Crippen LogP contribution is 2.28. The van der Waals surface area contributed by atoms with Crippen molar-refractivity contribution in [3.05, 3.63) is 59.1 Å². The Balaban J connectivity index is 1.23. The first-order valence-electron chi connectivity index (χ1n) is 12.0. The minimum atomic E-state index is -0.364. The maximum atomic E-state index is 12.2. The Hall–Kier alpha value is -2.00. The van der Waals surface area contributed by atoms with E-state index in [0.29, 0.717) is 16.3 Å². The van der Waals surface area contributed by atoms with Crippen LogP contribution in [0.15, 0.2) is 48.5 Å². The van der Waals surface area contributed by atoms with Crippen molar-refractivity contribution in [2.24, 2.45) is 5.92 Å². The summed E-state index contributed by atoms with van der Waals surface area (Å²) >= 11 is 5.85. The van der Waals surface area contributed by atoms with Gasteiger partial charge in [0.25, 0.3) is 0 Å². The topological polar surface area (TPSA) is 38.3 Å². The number of carbonyl (C=O) groups excluding carboxylic acids is 1. The Morgan fingerprint density at radius 3 is 2.19 bits per heavy atom. The van der Waals surface area contributed by atoms with E-state index in [-0.39, 0.29) is 5.97 Å². The van der Waals surface area contributed by atoms with Gasteiger partial charge in [-0.2, -0.15) is 0 Å². The molecule has 3 rings (SSSR count). The number of carbonyl (C=O) groups is 1. The lowest BCUT2D eigenvalue weighted by Crippen LogP contribution is -2.08. The van der Waals surface area contributed by atoms with Gasteiger partial charge in [-0.05, 0) is 60.9 Å². The highest BCUT2D eigenvalue weighted by molar-refractivity contribution is 6.30. The molecule has 168 valence electrons. The average molecular weight is 442 g/mol. The van der Waals surface area contributed by atoms with Gasteiger partial charge in [-0.1, -0.05) is 82.2 Å². The lowest BCUT2D eigenvalue weighted by atomic mass is 9.85. The van der Waals surface area contributed by atoms with Crippen molar-refractivity contribution in [2.45, 2.75) is 77.0 Å². The zero-order chi connectivity index (χ0) is 21.7. The molecule has 0 saturated heterocycles. The van der Waals surface area contributed by atoms with E-state index < -0.39 is 0 Å². The molecule has 1 aliphatic rings. The molecule has 0 bridgehead atoms. The molecular weight excluding hydrogens is 406 g/mol. The number of halogens is 1. The predicted octanol–water partition coefficient (Wildman–Crippen LogP) is 8.28. The first-order chi connectivity index (χ1) is 15.2. The van der Waals surface area contributed by atoms with Gasteiger partial charge in [0.1, 0.15) is 5.75 Å². The van der Waals surface area contributed by atoms with Gasteiger partial charge in [0.15, 0.2) is 0 Å². The smallest absolute Gasteiger partial charge is 0.343 e. The number of benzene rings is 2.